The Bertz CT molecular complexity index is 350. The average Bonchev–Trinajstić information content (AvgIpc) is 2.56. The van der Waals surface area contributed by atoms with Crippen LogP contribution in [0.2, 0.25) is 0 Å². The molecular weight excluding hydrogens is 290 g/mol. The van der Waals surface area contributed by atoms with Gasteiger partial charge in [0, 0.05) is 38.3 Å². The lowest BCUT2D eigenvalue weighted by Gasteiger charge is -2.36. The van der Waals surface area contributed by atoms with Crippen LogP contribution in [-0.2, 0) is 4.74 Å². The summed E-state index contributed by atoms with van der Waals surface area (Å²) in [6.45, 7) is 6.96. The number of urea groups is 1. The van der Waals surface area contributed by atoms with E-state index in [-0.39, 0.29) is 6.03 Å². The second kappa shape index (κ2) is 9.48. The van der Waals surface area contributed by atoms with Gasteiger partial charge in [0.2, 0.25) is 0 Å². The van der Waals surface area contributed by atoms with Crippen molar-refractivity contribution in [2.24, 2.45) is 5.92 Å². The number of piperidine rings is 1. The summed E-state index contributed by atoms with van der Waals surface area (Å²) in [5.41, 5.74) is 0. The third-order valence-corrected chi connectivity index (χ3v) is 5.50. The van der Waals surface area contributed by atoms with Gasteiger partial charge >= 0.3 is 6.03 Å². The van der Waals surface area contributed by atoms with Crippen molar-refractivity contribution in [2.75, 3.05) is 26.8 Å². The Morgan fingerprint density at radius 1 is 1.09 bits per heavy atom. The molecule has 2 fully saturated rings. The van der Waals surface area contributed by atoms with E-state index in [1.165, 1.54) is 19.3 Å². The normalized spacial score (nSPS) is 23.5. The molecule has 2 aliphatic rings. The van der Waals surface area contributed by atoms with E-state index in [0.29, 0.717) is 24.0 Å². The lowest BCUT2D eigenvalue weighted by Crippen LogP contribution is -2.52. The molecule has 0 radical (unpaired) electrons. The lowest BCUT2D eigenvalue weighted by molar-refractivity contribution is 0.131. The number of rotatable bonds is 6. The van der Waals surface area contributed by atoms with Crippen LogP contribution in [0.4, 0.5) is 4.79 Å². The van der Waals surface area contributed by atoms with Crippen LogP contribution in [0.15, 0.2) is 0 Å². The van der Waals surface area contributed by atoms with Gasteiger partial charge in [-0.15, -0.1) is 0 Å². The van der Waals surface area contributed by atoms with Crippen LogP contribution in [0.5, 0.6) is 0 Å². The molecule has 1 saturated heterocycles. The summed E-state index contributed by atoms with van der Waals surface area (Å²) in [6.07, 6.45) is 8.23. The topological polar surface area (TPSA) is 53.6 Å². The van der Waals surface area contributed by atoms with Gasteiger partial charge in [-0.05, 0) is 38.5 Å². The number of ether oxygens (including phenoxy) is 1. The number of nitrogens with zero attached hydrogens (tertiary/aromatic N) is 1. The summed E-state index contributed by atoms with van der Waals surface area (Å²) in [4.78, 5) is 14.4. The number of hydrogen-bond acceptors (Lipinski definition) is 3. The Labute approximate surface area is 141 Å². The minimum absolute atomic E-state index is 0.149. The summed E-state index contributed by atoms with van der Waals surface area (Å²) >= 11 is 0. The smallest absolute Gasteiger partial charge is 0.317 e. The molecule has 0 spiro atoms. The fourth-order valence-electron chi connectivity index (χ4n) is 3.71. The van der Waals surface area contributed by atoms with Crippen molar-refractivity contribution >= 4 is 6.03 Å². The van der Waals surface area contributed by atoms with Gasteiger partial charge in [0.1, 0.15) is 0 Å². The van der Waals surface area contributed by atoms with E-state index in [1.54, 1.807) is 7.11 Å². The van der Waals surface area contributed by atoms with Crippen molar-refractivity contribution in [3.8, 4) is 0 Å². The maximum Gasteiger partial charge on any atom is 0.317 e. The maximum atomic E-state index is 12.4. The standard InChI is InChI=1S/C18H35N3O2/c1-14(13-23-3)15(2)19-17-9-11-21(12-10-17)18(22)20-16-7-5-4-6-8-16/h14-17,19H,4-13H2,1-3H3,(H,20,22)/t14-,15-/m1/s1. The molecule has 1 saturated carbocycles. The molecule has 0 bridgehead atoms. The highest BCUT2D eigenvalue weighted by Gasteiger charge is 2.26. The average molecular weight is 325 g/mol. The van der Waals surface area contributed by atoms with E-state index in [0.717, 1.165) is 45.4 Å². The molecule has 23 heavy (non-hydrogen) atoms. The molecule has 5 nitrogen and oxygen atoms in total. The molecule has 0 unspecified atom stereocenters. The highest BCUT2D eigenvalue weighted by Crippen LogP contribution is 2.18. The van der Waals surface area contributed by atoms with Gasteiger partial charge < -0.3 is 20.3 Å². The summed E-state index contributed by atoms with van der Waals surface area (Å²) in [5, 5.41) is 6.94. The number of amides is 2. The first kappa shape index (κ1) is 18.5. The van der Waals surface area contributed by atoms with Crippen molar-refractivity contribution in [3.05, 3.63) is 0 Å². The molecule has 5 heteroatoms. The van der Waals surface area contributed by atoms with Gasteiger partial charge in [-0.1, -0.05) is 26.2 Å². The van der Waals surface area contributed by atoms with Crippen molar-refractivity contribution in [1.82, 2.24) is 15.5 Å². The minimum atomic E-state index is 0.149. The van der Waals surface area contributed by atoms with Crippen LogP contribution in [0, 0.1) is 5.92 Å². The third kappa shape index (κ3) is 5.96. The van der Waals surface area contributed by atoms with Gasteiger partial charge in [-0.25, -0.2) is 4.79 Å². The van der Waals surface area contributed by atoms with E-state index in [1.807, 2.05) is 4.90 Å². The monoisotopic (exact) mass is 325 g/mol. The van der Waals surface area contributed by atoms with E-state index in [4.69, 9.17) is 4.74 Å². The third-order valence-electron chi connectivity index (χ3n) is 5.50. The first-order valence-electron chi connectivity index (χ1n) is 9.40. The lowest BCUT2D eigenvalue weighted by atomic mass is 9.95. The predicted molar refractivity (Wildman–Crippen MR) is 93.6 cm³/mol. The maximum absolute atomic E-state index is 12.4. The predicted octanol–water partition coefficient (Wildman–Crippen LogP) is 2.75. The highest BCUT2D eigenvalue weighted by molar-refractivity contribution is 5.74. The SMILES string of the molecule is COC[C@@H](C)[C@@H](C)NC1CCN(C(=O)NC2CCCCC2)CC1. The molecule has 0 aromatic rings. The first-order chi connectivity index (χ1) is 11.1. The fourth-order valence-corrected chi connectivity index (χ4v) is 3.71. The Kier molecular flexibility index (Phi) is 7.63. The summed E-state index contributed by atoms with van der Waals surface area (Å²) in [7, 11) is 1.76. The molecule has 1 aliphatic carbocycles. The Hall–Kier alpha value is -0.810. The molecule has 2 rings (SSSR count). The van der Waals surface area contributed by atoms with Crippen LogP contribution >= 0.6 is 0 Å². The zero-order valence-corrected chi connectivity index (χ0v) is 15.1. The van der Waals surface area contributed by atoms with Crippen molar-refractivity contribution in [1.29, 1.82) is 0 Å². The van der Waals surface area contributed by atoms with Crippen LogP contribution < -0.4 is 10.6 Å². The number of likely N-dealkylation sites (tertiary alicyclic amines) is 1. The number of nitrogens with one attached hydrogen (secondary N) is 2. The molecule has 0 aromatic heterocycles. The first-order valence-corrected chi connectivity index (χ1v) is 9.40. The Morgan fingerprint density at radius 2 is 1.74 bits per heavy atom. The molecule has 2 atom stereocenters. The van der Waals surface area contributed by atoms with E-state index in [9.17, 15) is 4.79 Å². The van der Waals surface area contributed by atoms with Crippen molar-refractivity contribution in [3.63, 3.8) is 0 Å². The quantitative estimate of drug-likeness (QED) is 0.789. The second-order valence-corrected chi connectivity index (χ2v) is 7.43. The molecule has 1 aliphatic heterocycles. The number of carbonyl (C=O) groups excluding carboxylic acids is 1. The number of methoxy groups -OCH3 is 1. The van der Waals surface area contributed by atoms with Gasteiger partial charge in [0.05, 0.1) is 6.61 Å². The van der Waals surface area contributed by atoms with Crippen molar-refractivity contribution < 1.29 is 9.53 Å². The van der Waals surface area contributed by atoms with Gasteiger partial charge in [0.25, 0.3) is 0 Å². The van der Waals surface area contributed by atoms with Gasteiger partial charge in [0.15, 0.2) is 0 Å². The van der Waals surface area contributed by atoms with Crippen molar-refractivity contribution in [2.45, 2.75) is 76.9 Å². The zero-order valence-electron chi connectivity index (χ0n) is 15.1. The second-order valence-electron chi connectivity index (χ2n) is 7.43. The van der Waals surface area contributed by atoms with E-state index >= 15 is 0 Å². The van der Waals surface area contributed by atoms with Crippen LogP contribution in [-0.4, -0.2) is 55.9 Å². The minimum Gasteiger partial charge on any atom is -0.384 e. The zero-order chi connectivity index (χ0) is 16.7. The molecule has 134 valence electrons. The highest BCUT2D eigenvalue weighted by atomic mass is 16.5. The summed E-state index contributed by atoms with van der Waals surface area (Å²) in [5.74, 6) is 0.507. The molecular formula is C18H35N3O2. The summed E-state index contributed by atoms with van der Waals surface area (Å²) < 4.78 is 5.23. The van der Waals surface area contributed by atoms with Gasteiger partial charge in [-0.2, -0.15) is 0 Å². The molecule has 0 aromatic carbocycles. The molecule has 2 N–H and O–H groups in total. The number of hydrogen-bond donors (Lipinski definition) is 2. The fraction of sp³-hybridized carbons (Fsp3) is 0.944. The largest absolute Gasteiger partial charge is 0.384 e. The van der Waals surface area contributed by atoms with E-state index < -0.39 is 0 Å². The van der Waals surface area contributed by atoms with Crippen LogP contribution in [0.1, 0.15) is 58.8 Å². The Balaban J connectivity index is 1.67. The van der Waals surface area contributed by atoms with E-state index in [2.05, 4.69) is 24.5 Å². The van der Waals surface area contributed by atoms with Crippen LogP contribution in [0.3, 0.4) is 0 Å². The number of carbonyl (C=O) groups is 1. The van der Waals surface area contributed by atoms with Crippen LogP contribution in [0.25, 0.3) is 0 Å². The molecule has 2 amide bonds. The van der Waals surface area contributed by atoms with Gasteiger partial charge in [-0.3, -0.25) is 0 Å². The Morgan fingerprint density at radius 3 is 2.35 bits per heavy atom. The molecule has 1 heterocycles. The summed E-state index contributed by atoms with van der Waals surface area (Å²) in [6, 6.07) is 1.52.